The monoisotopic (exact) mass is 347 g/mol. The topological polar surface area (TPSA) is 78.2 Å². The summed E-state index contributed by atoms with van der Waals surface area (Å²) in [4.78, 5) is 19.6. The number of rotatable bonds is 5. The second-order valence-corrected chi connectivity index (χ2v) is 6.20. The molecule has 0 aliphatic heterocycles. The second kappa shape index (κ2) is 6.92. The van der Waals surface area contributed by atoms with Crippen LogP contribution in [0.5, 0.6) is 5.88 Å². The first-order chi connectivity index (χ1) is 12.7. The molecular weight excluding hydrogens is 330 g/mol. The molecule has 0 fully saturated rings. The number of hydrogen-bond acceptors (Lipinski definition) is 5. The van der Waals surface area contributed by atoms with Crippen molar-refractivity contribution in [1.82, 2.24) is 9.97 Å². The summed E-state index contributed by atoms with van der Waals surface area (Å²) in [5.41, 5.74) is 4.88. The van der Waals surface area contributed by atoms with Gasteiger partial charge in [0.2, 0.25) is 5.88 Å². The summed E-state index contributed by atoms with van der Waals surface area (Å²) in [6, 6.07) is 14.3. The number of benzene rings is 1. The molecule has 0 spiro atoms. The number of ether oxygens (including phenoxy) is 1. The van der Waals surface area contributed by atoms with E-state index in [4.69, 9.17) is 4.74 Å². The standard InChI is InChI=1S/C20H17N3O3/c24-23(25)16-7-3-5-14(11-16)18-12-20(22-19-9-4-8-17(18)19)26-13-15-6-1-2-10-21-15/h1-3,5-7,10-12H,4,8-9,13H2. The van der Waals surface area contributed by atoms with Gasteiger partial charge in [-0.2, -0.15) is 0 Å². The summed E-state index contributed by atoms with van der Waals surface area (Å²) in [5, 5.41) is 11.1. The van der Waals surface area contributed by atoms with Crippen molar-refractivity contribution in [2.75, 3.05) is 0 Å². The number of aromatic nitrogens is 2. The van der Waals surface area contributed by atoms with Crippen molar-refractivity contribution >= 4 is 5.69 Å². The van der Waals surface area contributed by atoms with Gasteiger partial charge in [0.15, 0.2) is 0 Å². The average Bonchev–Trinajstić information content (AvgIpc) is 3.15. The first kappa shape index (κ1) is 16.2. The summed E-state index contributed by atoms with van der Waals surface area (Å²) < 4.78 is 5.85. The number of pyridine rings is 2. The van der Waals surface area contributed by atoms with Crippen molar-refractivity contribution in [2.45, 2.75) is 25.9 Å². The first-order valence-electron chi connectivity index (χ1n) is 8.51. The molecule has 0 bridgehead atoms. The van der Waals surface area contributed by atoms with E-state index >= 15 is 0 Å². The second-order valence-electron chi connectivity index (χ2n) is 6.20. The minimum atomic E-state index is -0.372. The van der Waals surface area contributed by atoms with Crippen molar-refractivity contribution in [3.05, 3.63) is 81.8 Å². The summed E-state index contributed by atoms with van der Waals surface area (Å²) in [6.45, 7) is 0.334. The van der Waals surface area contributed by atoms with Gasteiger partial charge in [0, 0.05) is 30.1 Å². The zero-order valence-corrected chi connectivity index (χ0v) is 14.1. The average molecular weight is 347 g/mol. The summed E-state index contributed by atoms with van der Waals surface area (Å²) in [5.74, 6) is 0.526. The van der Waals surface area contributed by atoms with E-state index in [1.807, 2.05) is 30.3 Å². The molecule has 2 aromatic heterocycles. The number of aryl methyl sites for hydroxylation is 1. The highest BCUT2D eigenvalue weighted by atomic mass is 16.6. The molecule has 1 aromatic carbocycles. The maximum atomic E-state index is 11.1. The van der Waals surface area contributed by atoms with Gasteiger partial charge in [-0.25, -0.2) is 4.98 Å². The van der Waals surface area contributed by atoms with Gasteiger partial charge in [0.05, 0.1) is 10.6 Å². The van der Waals surface area contributed by atoms with E-state index in [1.54, 1.807) is 18.3 Å². The van der Waals surface area contributed by atoms with E-state index in [2.05, 4.69) is 9.97 Å². The molecule has 4 rings (SSSR count). The minimum Gasteiger partial charge on any atom is -0.471 e. The molecule has 2 heterocycles. The summed E-state index contributed by atoms with van der Waals surface area (Å²) in [7, 11) is 0. The third kappa shape index (κ3) is 3.26. The smallest absolute Gasteiger partial charge is 0.270 e. The maximum absolute atomic E-state index is 11.1. The van der Waals surface area contributed by atoms with Crippen molar-refractivity contribution in [1.29, 1.82) is 0 Å². The van der Waals surface area contributed by atoms with Crippen LogP contribution >= 0.6 is 0 Å². The van der Waals surface area contributed by atoms with Gasteiger partial charge in [0.25, 0.3) is 5.69 Å². The lowest BCUT2D eigenvalue weighted by molar-refractivity contribution is -0.384. The van der Waals surface area contributed by atoms with Crippen LogP contribution in [-0.2, 0) is 19.4 Å². The normalized spacial score (nSPS) is 12.6. The SMILES string of the molecule is O=[N+]([O-])c1cccc(-c2cc(OCc3ccccn3)nc3c2CCC3)c1. The van der Waals surface area contributed by atoms with Crippen LogP contribution in [0.25, 0.3) is 11.1 Å². The summed E-state index contributed by atoms with van der Waals surface area (Å²) in [6.07, 6.45) is 4.59. The highest BCUT2D eigenvalue weighted by Crippen LogP contribution is 2.35. The molecule has 0 saturated carbocycles. The molecule has 1 aliphatic rings. The zero-order chi connectivity index (χ0) is 17.9. The fourth-order valence-electron chi connectivity index (χ4n) is 3.27. The molecule has 6 nitrogen and oxygen atoms in total. The van der Waals surface area contributed by atoms with Gasteiger partial charge in [-0.05, 0) is 48.1 Å². The van der Waals surface area contributed by atoms with Gasteiger partial charge >= 0.3 is 0 Å². The van der Waals surface area contributed by atoms with Crippen molar-refractivity contribution in [3.63, 3.8) is 0 Å². The molecule has 0 amide bonds. The first-order valence-corrected chi connectivity index (χ1v) is 8.51. The Morgan fingerprint density at radius 3 is 2.85 bits per heavy atom. The van der Waals surface area contributed by atoms with E-state index < -0.39 is 0 Å². The fraction of sp³-hybridized carbons (Fsp3) is 0.200. The Hall–Kier alpha value is -3.28. The van der Waals surface area contributed by atoms with Crippen LogP contribution in [0.1, 0.15) is 23.4 Å². The molecule has 0 radical (unpaired) electrons. The van der Waals surface area contributed by atoms with E-state index in [-0.39, 0.29) is 10.6 Å². The van der Waals surface area contributed by atoms with Crippen LogP contribution in [0.2, 0.25) is 0 Å². The molecule has 0 unspecified atom stereocenters. The van der Waals surface area contributed by atoms with E-state index in [0.29, 0.717) is 12.5 Å². The van der Waals surface area contributed by atoms with Gasteiger partial charge < -0.3 is 4.74 Å². The highest BCUT2D eigenvalue weighted by Gasteiger charge is 2.20. The molecule has 1 aliphatic carbocycles. The lowest BCUT2D eigenvalue weighted by Crippen LogP contribution is -2.02. The van der Waals surface area contributed by atoms with Crippen LogP contribution in [0.15, 0.2) is 54.7 Å². The molecule has 0 saturated heterocycles. The Labute approximate surface area is 150 Å². The third-order valence-electron chi connectivity index (χ3n) is 4.49. The van der Waals surface area contributed by atoms with E-state index in [9.17, 15) is 10.1 Å². The molecule has 3 aromatic rings. The Bertz CT molecular complexity index is 958. The number of nitro benzene ring substituents is 1. The van der Waals surface area contributed by atoms with E-state index in [1.165, 1.54) is 6.07 Å². The molecule has 26 heavy (non-hydrogen) atoms. The molecular formula is C20H17N3O3. The van der Waals surface area contributed by atoms with Crippen molar-refractivity contribution in [2.24, 2.45) is 0 Å². The van der Waals surface area contributed by atoms with Crippen molar-refractivity contribution < 1.29 is 9.66 Å². The lowest BCUT2D eigenvalue weighted by atomic mass is 9.99. The Balaban J connectivity index is 1.69. The molecule has 6 heteroatoms. The predicted molar refractivity (Wildman–Crippen MR) is 96.9 cm³/mol. The number of non-ortho nitro benzene ring substituents is 1. The molecule has 0 atom stereocenters. The third-order valence-corrected chi connectivity index (χ3v) is 4.49. The van der Waals surface area contributed by atoms with Crippen LogP contribution in [0.4, 0.5) is 5.69 Å². The van der Waals surface area contributed by atoms with Crippen LogP contribution < -0.4 is 4.74 Å². The molecule has 0 N–H and O–H groups in total. The fourth-order valence-corrected chi connectivity index (χ4v) is 3.27. The molecule has 130 valence electrons. The highest BCUT2D eigenvalue weighted by molar-refractivity contribution is 5.71. The number of hydrogen-bond donors (Lipinski definition) is 0. The van der Waals surface area contributed by atoms with Crippen LogP contribution in [0, 0.1) is 10.1 Å². The number of fused-ring (bicyclic) bond motifs is 1. The number of nitrogens with zero attached hydrogens (tertiary/aromatic N) is 3. The van der Waals surface area contributed by atoms with Gasteiger partial charge in [-0.3, -0.25) is 15.1 Å². The van der Waals surface area contributed by atoms with Crippen LogP contribution in [0.3, 0.4) is 0 Å². The lowest BCUT2D eigenvalue weighted by Gasteiger charge is -2.12. The largest absolute Gasteiger partial charge is 0.471 e. The maximum Gasteiger partial charge on any atom is 0.270 e. The predicted octanol–water partition coefficient (Wildman–Crippen LogP) is 4.12. The van der Waals surface area contributed by atoms with Gasteiger partial charge in [0.1, 0.15) is 6.61 Å². The zero-order valence-electron chi connectivity index (χ0n) is 14.1. The van der Waals surface area contributed by atoms with Crippen molar-refractivity contribution in [3.8, 4) is 17.0 Å². The Morgan fingerprint density at radius 1 is 1.12 bits per heavy atom. The van der Waals surface area contributed by atoms with Gasteiger partial charge in [-0.15, -0.1) is 0 Å². The quantitative estimate of drug-likeness (QED) is 0.512. The Morgan fingerprint density at radius 2 is 2.04 bits per heavy atom. The minimum absolute atomic E-state index is 0.0852. The Kier molecular flexibility index (Phi) is 4.31. The van der Waals surface area contributed by atoms with Crippen LogP contribution in [-0.4, -0.2) is 14.9 Å². The summed E-state index contributed by atoms with van der Waals surface area (Å²) >= 11 is 0. The van der Waals surface area contributed by atoms with E-state index in [0.717, 1.165) is 47.3 Å². The number of nitro groups is 1. The van der Waals surface area contributed by atoms with Gasteiger partial charge in [-0.1, -0.05) is 18.2 Å².